The van der Waals surface area contributed by atoms with Crippen LogP contribution in [0.2, 0.25) is 0 Å². The molecule has 1 aromatic heterocycles. The van der Waals surface area contributed by atoms with Crippen LogP contribution < -0.4 is 5.43 Å². The van der Waals surface area contributed by atoms with Gasteiger partial charge in [-0.05, 0) is 52.9 Å². The molecule has 0 aliphatic carbocycles. The lowest BCUT2D eigenvalue weighted by atomic mass is 10.1. The molecule has 0 radical (unpaired) electrons. The first-order valence-corrected chi connectivity index (χ1v) is 5.95. The van der Waals surface area contributed by atoms with E-state index >= 15 is 0 Å². The lowest BCUT2D eigenvalue weighted by molar-refractivity contribution is 0.659. The van der Waals surface area contributed by atoms with E-state index in [0.717, 1.165) is 3.57 Å². The predicted molar refractivity (Wildman–Crippen MR) is 72.7 cm³/mol. The minimum absolute atomic E-state index is 0.0354. The van der Waals surface area contributed by atoms with Crippen LogP contribution in [-0.2, 0) is 0 Å². The minimum atomic E-state index is 0.0354. The molecule has 0 saturated carbocycles. The molecule has 3 aromatic rings. The van der Waals surface area contributed by atoms with Gasteiger partial charge in [-0.3, -0.25) is 4.79 Å². The first-order valence-electron chi connectivity index (χ1n) is 4.87. The Bertz CT molecular complexity index is 744. The molecule has 0 saturated heterocycles. The summed E-state index contributed by atoms with van der Waals surface area (Å²) in [5.41, 5.74) is 1.32. The van der Waals surface area contributed by atoms with E-state index in [1.165, 1.54) is 0 Å². The largest absolute Gasteiger partial charge is 0.456 e. The Kier molecular flexibility index (Phi) is 2.21. The van der Waals surface area contributed by atoms with Crippen molar-refractivity contribution in [3.63, 3.8) is 0 Å². The molecule has 0 spiro atoms. The maximum Gasteiger partial charge on any atom is 0.200 e. The summed E-state index contributed by atoms with van der Waals surface area (Å²) in [6, 6.07) is 12.9. The van der Waals surface area contributed by atoms with Crippen LogP contribution in [0.15, 0.2) is 51.7 Å². The second-order valence-corrected chi connectivity index (χ2v) is 4.81. The van der Waals surface area contributed by atoms with E-state index in [0.29, 0.717) is 21.9 Å². The monoisotopic (exact) mass is 322 g/mol. The van der Waals surface area contributed by atoms with E-state index in [4.69, 9.17) is 4.42 Å². The molecular weight excluding hydrogens is 315 g/mol. The van der Waals surface area contributed by atoms with Gasteiger partial charge in [0.25, 0.3) is 0 Å². The van der Waals surface area contributed by atoms with Crippen molar-refractivity contribution in [1.29, 1.82) is 0 Å². The van der Waals surface area contributed by atoms with Crippen molar-refractivity contribution in [1.82, 2.24) is 0 Å². The highest BCUT2D eigenvalue weighted by Crippen LogP contribution is 2.19. The highest BCUT2D eigenvalue weighted by molar-refractivity contribution is 14.1. The predicted octanol–water partition coefficient (Wildman–Crippen LogP) is 3.55. The van der Waals surface area contributed by atoms with Gasteiger partial charge in [0.15, 0.2) is 0 Å². The zero-order valence-electron chi connectivity index (χ0n) is 8.24. The molecule has 3 rings (SSSR count). The van der Waals surface area contributed by atoms with Crippen LogP contribution in [0.1, 0.15) is 0 Å². The fourth-order valence-electron chi connectivity index (χ4n) is 1.77. The fraction of sp³-hybridized carbons (Fsp3) is 0. The molecule has 0 unspecified atom stereocenters. The van der Waals surface area contributed by atoms with Gasteiger partial charge in [0.1, 0.15) is 11.2 Å². The highest BCUT2D eigenvalue weighted by Gasteiger charge is 2.06. The molecule has 0 aliphatic rings. The second-order valence-electron chi connectivity index (χ2n) is 3.57. The van der Waals surface area contributed by atoms with Gasteiger partial charge in [-0.15, -0.1) is 0 Å². The minimum Gasteiger partial charge on any atom is -0.456 e. The molecule has 78 valence electrons. The van der Waals surface area contributed by atoms with Crippen molar-refractivity contribution in [2.75, 3.05) is 0 Å². The first kappa shape index (κ1) is 9.84. The maximum absolute atomic E-state index is 12.1. The van der Waals surface area contributed by atoms with E-state index < -0.39 is 0 Å². The summed E-state index contributed by atoms with van der Waals surface area (Å²) in [6.45, 7) is 0. The van der Waals surface area contributed by atoms with Gasteiger partial charge in [0, 0.05) is 3.57 Å². The molecule has 0 N–H and O–H groups in total. The molecule has 0 bridgehead atoms. The molecule has 0 fully saturated rings. The molecule has 16 heavy (non-hydrogen) atoms. The summed E-state index contributed by atoms with van der Waals surface area (Å²) >= 11 is 2.20. The molecule has 2 nitrogen and oxygen atoms in total. The average molecular weight is 322 g/mol. The van der Waals surface area contributed by atoms with Crippen molar-refractivity contribution >= 4 is 44.5 Å². The van der Waals surface area contributed by atoms with Crippen LogP contribution in [0, 0.1) is 3.57 Å². The van der Waals surface area contributed by atoms with Crippen LogP contribution in [-0.4, -0.2) is 0 Å². The smallest absolute Gasteiger partial charge is 0.200 e. The van der Waals surface area contributed by atoms with Crippen LogP contribution in [0.5, 0.6) is 0 Å². The molecule has 0 aliphatic heterocycles. The zero-order chi connectivity index (χ0) is 11.1. The van der Waals surface area contributed by atoms with Crippen molar-refractivity contribution in [2.24, 2.45) is 0 Å². The third kappa shape index (κ3) is 1.43. The number of halogens is 1. The Morgan fingerprint density at radius 2 is 1.69 bits per heavy atom. The summed E-state index contributed by atoms with van der Waals surface area (Å²) in [6.07, 6.45) is 0. The Morgan fingerprint density at radius 1 is 0.938 bits per heavy atom. The number of hydrogen-bond acceptors (Lipinski definition) is 2. The van der Waals surface area contributed by atoms with Gasteiger partial charge in [-0.1, -0.05) is 12.1 Å². The quantitative estimate of drug-likeness (QED) is 0.468. The Morgan fingerprint density at radius 3 is 2.56 bits per heavy atom. The SMILES string of the molecule is O=c1c2ccccc2oc2cc(I)ccc12. The molecular formula is C13H7IO2. The third-order valence-electron chi connectivity index (χ3n) is 2.54. The van der Waals surface area contributed by atoms with Gasteiger partial charge in [-0.2, -0.15) is 0 Å². The molecule has 0 atom stereocenters. The third-order valence-corrected chi connectivity index (χ3v) is 3.21. The van der Waals surface area contributed by atoms with Crippen molar-refractivity contribution in [3.05, 3.63) is 56.3 Å². The topological polar surface area (TPSA) is 30.2 Å². The summed E-state index contributed by atoms with van der Waals surface area (Å²) in [5.74, 6) is 0. The maximum atomic E-state index is 12.1. The van der Waals surface area contributed by atoms with E-state index in [-0.39, 0.29) is 5.43 Å². The van der Waals surface area contributed by atoms with Gasteiger partial charge >= 0.3 is 0 Å². The summed E-state index contributed by atoms with van der Waals surface area (Å²) in [5, 5.41) is 1.27. The number of para-hydroxylation sites is 1. The number of rotatable bonds is 0. The van der Waals surface area contributed by atoms with E-state index in [9.17, 15) is 4.79 Å². The molecule has 1 heterocycles. The lowest BCUT2D eigenvalue weighted by Gasteiger charge is -2.00. The van der Waals surface area contributed by atoms with Crippen LogP contribution >= 0.6 is 22.6 Å². The highest BCUT2D eigenvalue weighted by atomic mass is 127. The normalized spacial score (nSPS) is 11.1. The average Bonchev–Trinajstić information content (AvgIpc) is 2.29. The van der Waals surface area contributed by atoms with E-state index in [2.05, 4.69) is 22.6 Å². The second kappa shape index (κ2) is 3.59. The van der Waals surface area contributed by atoms with Gasteiger partial charge < -0.3 is 4.42 Å². The molecule has 3 heteroatoms. The van der Waals surface area contributed by atoms with E-state index in [1.807, 2.05) is 36.4 Å². The number of fused-ring (bicyclic) bond motifs is 2. The summed E-state index contributed by atoms with van der Waals surface area (Å²) in [4.78, 5) is 12.1. The van der Waals surface area contributed by atoms with E-state index in [1.54, 1.807) is 6.07 Å². The van der Waals surface area contributed by atoms with Crippen LogP contribution in [0.3, 0.4) is 0 Å². The van der Waals surface area contributed by atoms with Crippen molar-refractivity contribution < 1.29 is 4.42 Å². The lowest BCUT2D eigenvalue weighted by Crippen LogP contribution is -2.01. The summed E-state index contributed by atoms with van der Waals surface area (Å²) < 4.78 is 6.76. The standard InChI is InChI=1S/C13H7IO2/c14-8-5-6-10-12(7-8)16-11-4-2-1-3-9(11)13(10)15/h1-7H. The van der Waals surface area contributed by atoms with Crippen molar-refractivity contribution in [3.8, 4) is 0 Å². The fourth-order valence-corrected chi connectivity index (χ4v) is 2.24. The number of benzene rings is 2. The van der Waals surface area contributed by atoms with Crippen LogP contribution in [0.4, 0.5) is 0 Å². The van der Waals surface area contributed by atoms with Gasteiger partial charge in [-0.25, -0.2) is 0 Å². The molecule has 2 aromatic carbocycles. The van der Waals surface area contributed by atoms with Gasteiger partial charge in [0.05, 0.1) is 10.8 Å². The molecule has 0 amide bonds. The zero-order valence-corrected chi connectivity index (χ0v) is 10.4. The van der Waals surface area contributed by atoms with Gasteiger partial charge in [0.2, 0.25) is 5.43 Å². The Balaban J connectivity index is 2.61. The Labute approximate surface area is 105 Å². The Hall–Kier alpha value is -1.36. The summed E-state index contributed by atoms with van der Waals surface area (Å²) in [7, 11) is 0. The van der Waals surface area contributed by atoms with Crippen LogP contribution in [0.25, 0.3) is 21.9 Å². The first-order chi connectivity index (χ1) is 7.75. The van der Waals surface area contributed by atoms with Crippen molar-refractivity contribution in [2.45, 2.75) is 0 Å². The number of hydrogen-bond donors (Lipinski definition) is 0.